The maximum Gasteiger partial charge on any atom is 0.157 e. The molecule has 0 bridgehead atoms. The Hall–Kier alpha value is -3.15. The number of aldehydes is 1. The second-order valence-electron chi connectivity index (χ2n) is 5.57. The van der Waals surface area contributed by atoms with Gasteiger partial charge in [0.15, 0.2) is 6.29 Å². The van der Waals surface area contributed by atoms with Gasteiger partial charge >= 0.3 is 0 Å². The second kappa shape index (κ2) is 8.63. The molecule has 25 heavy (non-hydrogen) atoms. The van der Waals surface area contributed by atoms with Crippen molar-refractivity contribution in [3.8, 4) is 11.5 Å². The molecule has 0 aliphatic heterocycles. The number of aromatic hydroxyl groups is 1. The van der Waals surface area contributed by atoms with Crippen LogP contribution in [0.2, 0.25) is 0 Å². The van der Waals surface area contributed by atoms with Crippen molar-refractivity contribution in [3.63, 3.8) is 0 Å². The molecule has 3 N–H and O–H groups in total. The predicted octanol–water partition coefficient (Wildman–Crippen LogP) is 2.85. The number of carbonyl (C=O) groups excluding carboxylic acids is 1. The highest BCUT2D eigenvalue weighted by Gasteiger charge is 2.12. The van der Waals surface area contributed by atoms with Gasteiger partial charge in [-0.3, -0.25) is 14.8 Å². The Morgan fingerprint density at radius 3 is 2.84 bits per heavy atom. The van der Waals surface area contributed by atoms with Gasteiger partial charge in [0.1, 0.15) is 18.1 Å². The number of phenolic OH excluding ortho intramolecular Hbond substituents is 1. The van der Waals surface area contributed by atoms with Gasteiger partial charge in [0.05, 0.1) is 17.0 Å². The number of aliphatic imine (C=N–C) groups is 1. The minimum atomic E-state index is -0.118. The Balaban J connectivity index is 2.33. The number of hydrogen-bond acceptors (Lipinski definition) is 6. The number of benzene rings is 1. The lowest BCUT2D eigenvalue weighted by Gasteiger charge is -2.13. The number of hydrogen-bond donors (Lipinski definition) is 2. The molecule has 0 atom stereocenters. The molecule has 0 aliphatic rings. The standard InChI is InChI=1S/C19H21N3O3/c1-13(2)22-16(8-9-20)19-14(5-4-10-21-19)12-25-18-7-3-6-17(24)15(18)11-23/h3-11,13,24H,12,20H2,1-2H3. The number of allylic oxidation sites excluding steroid dienone is 1. The maximum absolute atomic E-state index is 11.1. The molecule has 1 heterocycles. The minimum Gasteiger partial charge on any atom is -0.507 e. The summed E-state index contributed by atoms with van der Waals surface area (Å²) in [6.07, 6.45) is 5.35. The fourth-order valence-electron chi connectivity index (χ4n) is 2.27. The van der Waals surface area contributed by atoms with E-state index in [1.807, 2.05) is 19.9 Å². The van der Waals surface area contributed by atoms with E-state index in [0.717, 1.165) is 5.56 Å². The summed E-state index contributed by atoms with van der Waals surface area (Å²) in [4.78, 5) is 20.1. The Kier molecular flexibility index (Phi) is 6.28. The zero-order chi connectivity index (χ0) is 18.2. The van der Waals surface area contributed by atoms with E-state index in [-0.39, 0.29) is 24.0 Å². The van der Waals surface area contributed by atoms with Gasteiger partial charge < -0.3 is 15.6 Å². The summed E-state index contributed by atoms with van der Waals surface area (Å²) >= 11 is 0. The van der Waals surface area contributed by atoms with E-state index < -0.39 is 0 Å². The summed E-state index contributed by atoms with van der Waals surface area (Å²) in [5.74, 6) is 0.188. The monoisotopic (exact) mass is 339 g/mol. The summed E-state index contributed by atoms with van der Waals surface area (Å²) in [7, 11) is 0. The smallest absolute Gasteiger partial charge is 0.157 e. The average molecular weight is 339 g/mol. The van der Waals surface area contributed by atoms with Crippen LogP contribution in [-0.4, -0.2) is 28.1 Å². The fourth-order valence-corrected chi connectivity index (χ4v) is 2.27. The lowest BCUT2D eigenvalue weighted by atomic mass is 10.1. The molecule has 1 aromatic carbocycles. The van der Waals surface area contributed by atoms with Gasteiger partial charge in [-0.25, -0.2) is 0 Å². The van der Waals surface area contributed by atoms with Crippen LogP contribution < -0.4 is 10.5 Å². The molecule has 2 aromatic rings. The number of phenols is 1. The molecule has 0 amide bonds. The average Bonchev–Trinajstić information content (AvgIpc) is 2.59. The molecule has 0 saturated heterocycles. The van der Waals surface area contributed by atoms with E-state index >= 15 is 0 Å². The molecule has 6 heteroatoms. The van der Waals surface area contributed by atoms with Crippen LogP contribution in [0.1, 0.15) is 35.5 Å². The Labute approximate surface area is 146 Å². The minimum absolute atomic E-state index is 0.0784. The molecular weight excluding hydrogens is 318 g/mol. The van der Waals surface area contributed by atoms with E-state index in [1.165, 1.54) is 12.3 Å². The highest BCUT2D eigenvalue weighted by atomic mass is 16.5. The van der Waals surface area contributed by atoms with Gasteiger partial charge in [0.2, 0.25) is 0 Å². The van der Waals surface area contributed by atoms with Crippen LogP contribution in [0.5, 0.6) is 11.5 Å². The first-order valence-electron chi connectivity index (χ1n) is 7.87. The summed E-state index contributed by atoms with van der Waals surface area (Å²) in [6, 6.07) is 8.42. The summed E-state index contributed by atoms with van der Waals surface area (Å²) in [5, 5.41) is 9.73. The van der Waals surface area contributed by atoms with Gasteiger partial charge in [-0.05, 0) is 44.3 Å². The van der Waals surface area contributed by atoms with Crippen LogP contribution in [0.3, 0.4) is 0 Å². The maximum atomic E-state index is 11.1. The molecule has 0 unspecified atom stereocenters. The molecule has 6 nitrogen and oxygen atoms in total. The summed E-state index contributed by atoms with van der Waals surface area (Å²) in [5.41, 5.74) is 7.75. The van der Waals surface area contributed by atoms with Gasteiger partial charge in [-0.1, -0.05) is 12.1 Å². The van der Waals surface area contributed by atoms with Gasteiger partial charge in [0, 0.05) is 17.8 Å². The van der Waals surface area contributed by atoms with Crippen LogP contribution in [0, 0.1) is 0 Å². The largest absolute Gasteiger partial charge is 0.507 e. The fraction of sp³-hybridized carbons (Fsp3) is 0.211. The number of carbonyl (C=O) groups is 1. The number of aromatic nitrogens is 1. The lowest BCUT2D eigenvalue weighted by molar-refractivity contribution is 0.111. The molecule has 2 rings (SSSR count). The van der Waals surface area contributed by atoms with E-state index in [4.69, 9.17) is 10.5 Å². The van der Waals surface area contributed by atoms with Crippen LogP contribution >= 0.6 is 0 Å². The highest BCUT2D eigenvalue weighted by Crippen LogP contribution is 2.26. The first kappa shape index (κ1) is 18.2. The number of nitrogens with zero attached hydrogens (tertiary/aromatic N) is 2. The Bertz CT molecular complexity index is 798. The summed E-state index contributed by atoms with van der Waals surface area (Å²) < 4.78 is 5.73. The van der Waals surface area contributed by atoms with E-state index in [0.29, 0.717) is 23.4 Å². The van der Waals surface area contributed by atoms with Crippen molar-refractivity contribution in [2.45, 2.75) is 26.5 Å². The van der Waals surface area contributed by atoms with Crippen molar-refractivity contribution in [2.75, 3.05) is 0 Å². The number of ether oxygens (including phenoxy) is 1. The van der Waals surface area contributed by atoms with Crippen molar-refractivity contribution in [3.05, 3.63) is 65.6 Å². The molecule has 0 radical (unpaired) electrons. The van der Waals surface area contributed by atoms with E-state index in [1.54, 1.807) is 30.5 Å². The van der Waals surface area contributed by atoms with Crippen LogP contribution in [-0.2, 0) is 6.61 Å². The molecule has 1 aromatic heterocycles. The number of nitrogens with two attached hydrogens (primary N) is 1. The number of pyridine rings is 1. The lowest BCUT2D eigenvalue weighted by Crippen LogP contribution is -2.11. The first-order valence-corrected chi connectivity index (χ1v) is 7.87. The van der Waals surface area contributed by atoms with E-state index in [9.17, 15) is 9.90 Å². The van der Waals surface area contributed by atoms with Crippen LogP contribution in [0.25, 0.3) is 0 Å². The first-order chi connectivity index (χ1) is 12.1. The zero-order valence-electron chi connectivity index (χ0n) is 14.2. The highest BCUT2D eigenvalue weighted by molar-refractivity contribution is 6.08. The third-order valence-electron chi connectivity index (χ3n) is 3.33. The molecule has 130 valence electrons. The number of rotatable bonds is 7. The normalized spacial score (nSPS) is 11.9. The topological polar surface area (TPSA) is 97.8 Å². The third kappa shape index (κ3) is 4.67. The molecule has 0 spiro atoms. The van der Waals surface area contributed by atoms with Gasteiger partial charge in [-0.15, -0.1) is 0 Å². The Morgan fingerprint density at radius 2 is 2.16 bits per heavy atom. The van der Waals surface area contributed by atoms with Crippen LogP contribution in [0.15, 0.2) is 53.8 Å². The quantitative estimate of drug-likeness (QED) is 0.597. The Morgan fingerprint density at radius 1 is 1.36 bits per heavy atom. The predicted molar refractivity (Wildman–Crippen MR) is 97.1 cm³/mol. The molecule has 0 saturated carbocycles. The third-order valence-corrected chi connectivity index (χ3v) is 3.33. The molecule has 0 aliphatic carbocycles. The van der Waals surface area contributed by atoms with Crippen molar-refractivity contribution < 1.29 is 14.6 Å². The molecular formula is C19H21N3O3. The van der Waals surface area contributed by atoms with Gasteiger partial charge in [-0.2, -0.15) is 0 Å². The SMILES string of the molecule is CC(C)N=C(C=CN)c1ncccc1COc1cccc(O)c1C=O. The van der Waals surface area contributed by atoms with E-state index in [2.05, 4.69) is 9.98 Å². The van der Waals surface area contributed by atoms with Crippen molar-refractivity contribution in [1.82, 2.24) is 4.98 Å². The molecule has 0 fully saturated rings. The van der Waals surface area contributed by atoms with Crippen LogP contribution in [0.4, 0.5) is 0 Å². The van der Waals surface area contributed by atoms with Gasteiger partial charge in [0.25, 0.3) is 0 Å². The van der Waals surface area contributed by atoms with Crippen molar-refractivity contribution >= 4 is 12.0 Å². The summed E-state index contributed by atoms with van der Waals surface area (Å²) in [6.45, 7) is 4.10. The zero-order valence-corrected chi connectivity index (χ0v) is 14.2. The van der Waals surface area contributed by atoms with Crippen molar-refractivity contribution in [2.24, 2.45) is 10.7 Å². The second-order valence-corrected chi connectivity index (χ2v) is 5.57. The van der Waals surface area contributed by atoms with Crippen molar-refractivity contribution in [1.29, 1.82) is 0 Å².